The largest absolute Gasteiger partial charge is 0.360 e. The van der Waals surface area contributed by atoms with E-state index in [1.807, 2.05) is 39.0 Å². The van der Waals surface area contributed by atoms with Crippen molar-refractivity contribution in [3.05, 3.63) is 51.5 Å². The monoisotopic (exact) mass is 351 g/mol. The van der Waals surface area contributed by atoms with Gasteiger partial charge in [-0.2, -0.15) is 5.26 Å². The van der Waals surface area contributed by atoms with Gasteiger partial charge in [0.1, 0.15) is 11.1 Å². The second-order valence-corrected chi connectivity index (χ2v) is 7.00. The van der Waals surface area contributed by atoms with Gasteiger partial charge in [0.15, 0.2) is 0 Å². The minimum absolute atomic E-state index is 0.339. The number of rotatable bonds is 4. The summed E-state index contributed by atoms with van der Waals surface area (Å²) < 4.78 is 0. The van der Waals surface area contributed by atoms with E-state index >= 15 is 0 Å². The molecule has 3 rings (SSSR count). The van der Waals surface area contributed by atoms with Crippen molar-refractivity contribution in [1.82, 2.24) is 4.98 Å². The van der Waals surface area contributed by atoms with Gasteiger partial charge in [-0.3, -0.25) is 9.59 Å². The van der Waals surface area contributed by atoms with E-state index in [2.05, 4.69) is 16.4 Å². The average molecular weight is 351 g/mol. The lowest BCUT2D eigenvalue weighted by atomic mass is 10.0. The number of nitrogens with zero attached hydrogens (tertiary/aromatic N) is 1. The van der Waals surface area contributed by atoms with Crippen LogP contribution in [0.3, 0.4) is 0 Å². The molecule has 0 saturated heterocycles. The second-order valence-electron chi connectivity index (χ2n) is 5.78. The summed E-state index contributed by atoms with van der Waals surface area (Å²) in [6.45, 7) is 5.74. The number of anilines is 1. The number of nitrogens with one attached hydrogen (secondary N) is 2. The quantitative estimate of drug-likeness (QED) is 0.548. The fraction of sp³-hybridized carbons (Fsp3) is 0.211. The Bertz CT molecular complexity index is 1040. The number of nitriles is 1. The molecule has 25 heavy (non-hydrogen) atoms. The SMILES string of the molecule is CCc1cccc2c(C(=O)C(=O)Nc3sc(C)c(C)c3C#N)c[nH]c12. The standard InChI is InChI=1S/C19H17N3O2S/c1-4-12-6-5-7-13-15(9-21-16(12)13)17(23)18(24)22-19-14(8-20)10(2)11(3)25-19/h5-7,9,21H,4H2,1-3H3,(H,22,24). The van der Waals surface area contributed by atoms with Crippen LogP contribution in [-0.4, -0.2) is 16.7 Å². The van der Waals surface area contributed by atoms with Crippen LogP contribution in [0.25, 0.3) is 10.9 Å². The van der Waals surface area contributed by atoms with Gasteiger partial charge in [0.25, 0.3) is 11.7 Å². The van der Waals surface area contributed by atoms with E-state index in [-0.39, 0.29) is 0 Å². The van der Waals surface area contributed by atoms with E-state index in [4.69, 9.17) is 0 Å². The van der Waals surface area contributed by atoms with E-state index in [9.17, 15) is 14.9 Å². The van der Waals surface area contributed by atoms with Crippen molar-refractivity contribution in [2.75, 3.05) is 5.32 Å². The van der Waals surface area contributed by atoms with Gasteiger partial charge in [0, 0.05) is 22.0 Å². The molecule has 6 heteroatoms. The van der Waals surface area contributed by atoms with Gasteiger partial charge in [0.05, 0.1) is 11.1 Å². The molecule has 2 aromatic heterocycles. The van der Waals surface area contributed by atoms with Gasteiger partial charge in [-0.15, -0.1) is 11.3 Å². The predicted octanol–water partition coefficient (Wildman–Crippen LogP) is 4.10. The minimum Gasteiger partial charge on any atom is -0.360 e. The van der Waals surface area contributed by atoms with Crippen LogP contribution >= 0.6 is 11.3 Å². The molecule has 1 aromatic carbocycles. The number of hydrogen-bond acceptors (Lipinski definition) is 4. The van der Waals surface area contributed by atoms with Crippen LogP contribution in [-0.2, 0) is 11.2 Å². The lowest BCUT2D eigenvalue weighted by molar-refractivity contribution is -0.112. The maximum absolute atomic E-state index is 12.6. The van der Waals surface area contributed by atoms with Crippen molar-refractivity contribution in [3.63, 3.8) is 0 Å². The minimum atomic E-state index is -0.736. The van der Waals surface area contributed by atoms with Gasteiger partial charge >= 0.3 is 0 Å². The number of carbonyl (C=O) groups excluding carboxylic acids is 2. The van der Waals surface area contributed by atoms with Gasteiger partial charge in [-0.1, -0.05) is 25.1 Å². The Morgan fingerprint density at radius 2 is 2.08 bits per heavy atom. The summed E-state index contributed by atoms with van der Waals surface area (Å²) in [5, 5.41) is 13.0. The summed E-state index contributed by atoms with van der Waals surface area (Å²) in [5.74, 6) is -1.35. The maximum atomic E-state index is 12.6. The third-order valence-electron chi connectivity index (χ3n) is 4.36. The van der Waals surface area contributed by atoms with Crippen LogP contribution in [0.1, 0.15) is 38.8 Å². The molecule has 0 unspecified atom stereocenters. The molecule has 0 bridgehead atoms. The lowest BCUT2D eigenvalue weighted by Gasteiger charge is -2.03. The molecule has 126 valence electrons. The Balaban J connectivity index is 1.93. The molecule has 3 aromatic rings. The highest BCUT2D eigenvalue weighted by Crippen LogP contribution is 2.32. The topological polar surface area (TPSA) is 85.8 Å². The fourth-order valence-corrected chi connectivity index (χ4v) is 3.84. The number of hydrogen-bond donors (Lipinski definition) is 2. The summed E-state index contributed by atoms with van der Waals surface area (Å²) in [6, 6.07) is 7.78. The van der Waals surface area contributed by atoms with Gasteiger partial charge < -0.3 is 10.3 Å². The number of aryl methyl sites for hydroxylation is 2. The zero-order valence-corrected chi connectivity index (χ0v) is 15.0. The average Bonchev–Trinajstić information content (AvgIpc) is 3.15. The Labute approximate surface area is 149 Å². The van der Waals surface area contributed by atoms with E-state index in [0.717, 1.165) is 33.3 Å². The first kappa shape index (κ1) is 16.9. The number of amides is 1. The number of thiophene rings is 1. The number of aromatic amines is 1. The van der Waals surface area contributed by atoms with Crippen molar-refractivity contribution in [2.45, 2.75) is 27.2 Å². The van der Waals surface area contributed by atoms with Gasteiger partial charge in [-0.05, 0) is 31.4 Å². The number of fused-ring (bicyclic) bond motifs is 1. The molecule has 5 nitrogen and oxygen atoms in total. The Hall–Kier alpha value is -2.91. The van der Waals surface area contributed by atoms with Crippen LogP contribution in [0, 0.1) is 25.2 Å². The highest BCUT2D eigenvalue weighted by atomic mass is 32.1. The number of ketones is 1. The first-order chi connectivity index (χ1) is 12.0. The van der Waals surface area contributed by atoms with Crippen LogP contribution in [0.4, 0.5) is 5.00 Å². The molecular formula is C19H17N3O2S. The molecule has 1 amide bonds. The zero-order chi connectivity index (χ0) is 18.1. The molecule has 0 aliphatic heterocycles. The second kappa shape index (κ2) is 6.54. The van der Waals surface area contributed by atoms with Crippen molar-refractivity contribution >= 4 is 38.9 Å². The summed E-state index contributed by atoms with van der Waals surface area (Å²) in [6.07, 6.45) is 2.40. The molecule has 2 heterocycles. The van der Waals surface area contributed by atoms with Crippen molar-refractivity contribution in [3.8, 4) is 6.07 Å². The maximum Gasteiger partial charge on any atom is 0.297 e. The predicted molar refractivity (Wildman–Crippen MR) is 99.1 cm³/mol. The van der Waals surface area contributed by atoms with Crippen molar-refractivity contribution in [2.24, 2.45) is 0 Å². The Morgan fingerprint density at radius 3 is 2.76 bits per heavy atom. The molecule has 0 fully saturated rings. The first-order valence-electron chi connectivity index (χ1n) is 7.92. The number of carbonyl (C=O) groups is 2. The number of aromatic nitrogens is 1. The summed E-state index contributed by atoms with van der Waals surface area (Å²) in [7, 11) is 0. The molecule has 0 saturated carbocycles. The summed E-state index contributed by atoms with van der Waals surface area (Å²) >= 11 is 1.30. The summed E-state index contributed by atoms with van der Waals surface area (Å²) in [4.78, 5) is 29.1. The number of para-hydroxylation sites is 1. The lowest BCUT2D eigenvalue weighted by Crippen LogP contribution is -2.22. The van der Waals surface area contributed by atoms with Crippen LogP contribution < -0.4 is 5.32 Å². The molecule has 0 aliphatic carbocycles. The third kappa shape index (κ3) is 2.83. The normalized spacial score (nSPS) is 10.6. The number of Topliss-reactive ketones (excluding diaryl/α,β-unsaturated/α-hetero) is 1. The molecule has 0 aliphatic rings. The van der Waals surface area contributed by atoms with Crippen LogP contribution in [0.2, 0.25) is 0 Å². The van der Waals surface area contributed by atoms with E-state index < -0.39 is 11.7 Å². The van der Waals surface area contributed by atoms with Crippen LogP contribution in [0.15, 0.2) is 24.4 Å². The smallest absolute Gasteiger partial charge is 0.297 e. The number of benzene rings is 1. The Kier molecular flexibility index (Phi) is 4.43. The molecule has 0 spiro atoms. The highest BCUT2D eigenvalue weighted by Gasteiger charge is 2.23. The number of H-pyrrole nitrogens is 1. The third-order valence-corrected chi connectivity index (χ3v) is 5.48. The van der Waals surface area contributed by atoms with E-state index in [1.165, 1.54) is 11.3 Å². The van der Waals surface area contributed by atoms with Crippen molar-refractivity contribution < 1.29 is 9.59 Å². The van der Waals surface area contributed by atoms with E-state index in [1.54, 1.807) is 6.20 Å². The summed E-state index contributed by atoms with van der Waals surface area (Å²) in [5.41, 5.74) is 3.55. The van der Waals surface area contributed by atoms with Gasteiger partial charge in [-0.25, -0.2) is 0 Å². The fourth-order valence-electron chi connectivity index (χ4n) is 2.83. The molecule has 0 radical (unpaired) electrons. The Morgan fingerprint density at radius 1 is 1.32 bits per heavy atom. The zero-order valence-electron chi connectivity index (χ0n) is 14.2. The molecule has 0 atom stereocenters. The molecular weight excluding hydrogens is 334 g/mol. The van der Waals surface area contributed by atoms with Crippen LogP contribution in [0.5, 0.6) is 0 Å². The van der Waals surface area contributed by atoms with Crippen molar-refractivity contribution in [1.29, 1.82) is 5.26 Å². The molecule has 2 N–H and O–H groups in total. The highest BCUT2D eigenvalue weighted by molar-refractivity contribution is 7.16. The van der Waals surface area contributed by atoms with E-state index in [0.29, 0.717) is 16.1 Å². The van der Waals surface area contributed by atoms with Gasteiger partial charge in [0.2, 0.25) is 0 Å². The first-order valence-corrected chi connectivity index (χ1v) is 8.74.